The van der Waals surface area contributed by atoms with Crippen molar-refractivity contribution in [1.82, 2.24) is 5.32 Å². The molecule has 0 rings (SSSR count). The minimum atomic E-state index is -0.212. The molecule has 0 heterocycles. The molecule has 1 atom stereocenters. The third kappa shape index (κ3) is 11.9. The molecule has 3 nitrogen and oxygen atoms in total. The van der Waals surface area contributed by atoms with Crippen molar-refractivity contribution < 1.29 is 9.84 Å². The Bertz CT molecular complexity index is 119. The molecule has 0 aromatic heterocycles. The maximum Gasteiger partial charge on any atom is 0.0599 e. The van der Waals surface area contributed by atoms with Crippen molar-refractivity contribution in [2.24, 2.45) is 0 Å². The van der Waals surface area contributed by atoms with Crippen LogP contribution in [-0.2, 0) is 4.74 Å². The molecule has 2 N–H and O–H groups in total. The fourth-order valence-corrected chi connectivity index (χ4v) is 0.865. The second-order valence-electron chi connectivity index (χ2n) is 4.35. The van der Waals surface area contributed by atoms with Crippen molar-refractivity contribution in [2.75, 3.05) is 19.7 Å². The molecule has 0 aromatic rings. The third-order valence-electron chi connectivity index (χ3n) is 1.55. The van der Waals surface area contributed by atoms with E-state index in [1.54, 1.807) is 6.92 Å². The van der Waals surface area contributed by atoms with Crippen LogP contribution in [0.3, 0.4) is 0 Å². The molecular weight excluding hydrogens is 166 g/mol. The molecule has 0 amide bonds. The average molecular weight is 189 g/mol. The van der Waals surface area contributed by atoms with E-state index in [2.05, 4.69) is 5.32 Å². The van der Waals surface area contributed by atoms with Crippen LogP contribution >= 0.6 is 0 Å². The summed E-state index contributed by atoms with van der Waals surface area (Å²) in [6.45, 7) is 10.4. The Morgan fingerprint density at radius 1 is 1.31 bits per heavy atom. The monoisotopic (exact) mass is 189 g/mol. The predicted molar refractivity (Wildman–Crippen MR) is 54.9 cm³/mol. The first kappa shape index (κ1) is 12.9. The third-order valence-corrected chi connectivity index (χ3v) is 1.55. The molecular formula is C10H23NO2. The van der Waals surface area contributed by atoms with Gasteiger partial charge in [0, 0.05) is 6.54 Å². The van der Waals surface area contributed by atoms with E-state index < -0.39 is 0 Å². The maximum absolute atomic E-state index is 8.97. The van der Waals surface area contributed by atoms with Crippen LogP contribution in [0.25, 0.3) is 0 Å². The van der Waals surface area contributed by atoms with E-state index in [0.717, 1.165) is 26.1 Å². The number of ether oxygens (including phenoxy) is 1. The molecule has 0 fully saturated rings. The molecule has 0 spiro atoms. The van der Waals surface area contributed by atoms with E-state index in [1.807, 2.05) is 20.8 Å². The van der Waals surface area contributed by atoms with Crippen molar-refractivity contribution in [3.63, 3.8) is 0 Å². The highest BCUT2D eigenvalue weighted by atomic mass is 16.5. The lowest BCUT2D eigenvalue weighted by Gasteiger charge is -2.19. The van der Waals surface area contributed by atoms with E-state index in [0.29, 0.717) is 0 Å². The lowest BCUT2D eigenvalue weighted by Crippen LogP contribution is -2.28. The molecule has 0 aromatic carbocycles. The highest BCUT2D eigenvalue weighted by Crippen LogP contribution is 2.04. The summed E-state index contributed by atoms with van der Waals surface area (Å²) in [6, 6.07) is 0. The molecule has 3 heteroatoms. The first-order valence-corrected chi connectivity index (χ1v) is 4.94. The van der Waals surface area contributed by atoms with E-state index in [1.165, 1.54) is 0 Å². The molecule has 0 aliphatic heterocycles. The lowest BCUT2D eigenvalue weighted by atomic mass is 10.2. The topological polar surface area (TPSA) is 41.5 Å². The number of hydrogen-bond acceptors (Lipinski definition) is 3. The van der Waals surface area contributed by atoms with Gasteiger partial charge < -0.3 is 15.2 Å². The summed E-state index contributed by atoms with van der Waals surface area (Å²) in [7, 11) is 0. The van der Waals surface area contributed by atoms with Gasteiger partial charge in [-0.15, -0.1) is 0 Å². The van der Waals surface area contributed by atoms with Gasteiger partial charge >= 0.3 is 0 Å². The fourth-order valence-electron chi connectivity index (χ4n) is 0.865. The smallest absolute Gasteiger partial charge is 0.0599 e. The van der Waals surface area contributed by atoms with Gasteiger partial charge in [0.25, 0.3) is 0 Å². The predicted octanol–water partition coefficient (Wildman–Crippen LogP) is 1.16. The van der Waals surface area contributed by atoms with Gasteiger partial charge in [-0.25, -0.2) is 0 Å². The molecule has 80 valence electrons. The molecule has 13 heavy (non-hydrogen) atoms. The number of nitrogens with one attached hydrogen (secondary N) is 1. The van der Waals surface area contributed by atoms with Crippen LogP contribution in [0.5, 0.6) is 0 Å². The number of aliphatic hydroxyl groups excluding tert-OH is 1. The molecule has 1 unspecified atom stereocenters. The second-order valence-corrected chi connectivity index (χ2v) is 4.35. The standard InChI is InChI=1S/C10H23NO2/c1-9(12)5-6-11-7-8-13-10(2,3)4/h9,11-12H,5-8H2,1-4H3. The highest BCUT2D eigenvalue weighted by molar-refractivity contribution is 4.59. The Labute approximate surface area is 81.5 Å². The second kappa shape index (κ2) is 6.35. The Kier molecular flexibility index (Phi) is 6.29. The summed E-state index contributed by atoms with van der Waals surface area (Å²) in [5.74, 6) is 0. The summed E-state index contributed by atoms with van der Waals surface area (Å²) in [4.78, 5) is 0. The van der Waals surface area contributed by atoms with Crippen LogP contribution in [0, 0.1) is 0 Å². The zero-order valence-corrected chi connectivity index (χ0v) is 9.26. The molecule has 0 aliphatic rings. The van der Waals surface area contributed by atoms with Crippen molar-refractivity contribution in [3.05, 3.63) is 0 Å². The van der Waals surface area contributed by atoms with Crippen molar-refractivity contribution in [2.45, 2.75) is 45.8 Å². The summed E-state index contributed by atoms with van der Waals surface area (Å²) in [5.41, 5.74) is -0.0497. The zero-order chi connectivity index (χ0) is 10.3. The maximum atomic E-state index is 8.97. The molecule has 0 aliphatic carbocycles. The Morgan fingerprint density at radius 3 is 2.38 bits per heavy atom. The first-order chi connectivity index (χ1) is 5.92. The van der Waals surface area contributed by atoms with Gasteiger partial charge in [-0.05, 0) is 40.7 Å². The van der Waals surface area contributed by atoms with Crippen molar-refractivity contribution in [1.29, 1.82) is 0 Å². The van der Waals surface area contributed by atoms with Crippen LogP contribution in [0.15, 0.2) is 0 Å². The average Bonchev–Trinajstić information content (AvgIpc) is 1.93. The SMILES string of the molecule is CC(O)CCNCCOC(C)(C)C. The minimum absolute atomic E-state index is 0.0497. The van der Waals surface area contributed by atoms with Gasteiger partial charge in [-0.3, -0.25) is 0 Å². The van der Waals surface area contributed by atoms with Crippen LogP contribution in [0.2, 0.25) is 0 Å². The van der Waals surface area contributed by atoms with E-state index >= 15 is 0 Å². The summed E-state index contributed by atoms with van der Waals surface area (Å²) in [5, 5.41) is 12.2. The molecule has 0 saturated carbocycles. The van der Waals surface area contributed by atoms with Crippen LogP contribution in [-0.4, -0.2) is 36.5 Å². The number of rotatable bonds is 6. The Balaban J connectivity index is 3.09. The number of aliphatic hydroxyl groups is 1. The van der Waals surface area contributed by atoms with Gasteiger partial charge in [0.1, 0.15) is 0 Å². The molecule has 0 bridgehead atoms. The summed E-state index contributed by atoms with van der Waals surface area (Å²) in [6.07, 6.45) is 0.589. The normalized spacial score (nSPS) is 14.5. The van der Waals surface area contributed by atoms with Gasteiger partial charge in [0.05, 0.1) is 18.3 Å². The van der Waals surface area contributed by atoms with Crippen LogP contribution in [0.4, 0.5) is 0 Å². The van der Waals surface area contributed by atoms with Gasteiger partial charge in [-0.1, -0.05) is 0 Å². The number of hydrogen-bond donors (Lipinski definition) is 2. The summed E-state index contributed by atoms with van der Waals surface area (Å²) >= 11 is 0. The zero-order valence-electron chi connectivity index (χ0n) is 9.26. The Morgan fingerprint density at radius 2 is 1.92 bits per heavy atom. The van der Waals surface area contributed by atoms with Crippen LogP contribution in [0.1, 0.15) is 34.1 Å². The lowest BCUT2D eigenvalue weighted by molar-refractivity contribution is -0.000969. The van der Waals surface area contributed by atoms with E-state index in [-0.39, 0.29) is 11.7 Å². The molecule has 0 saturated heterocycles. The fraction of sp³-hybridized carbons (Fsp3) is 1.00. The first-order valence-electron chi connectivity index (χ1n) is 4.94. The molecule has 0 radical (unpaired) electrons. The summed E-state index contributed by atoms with van der Waals surface area (Å²) < 4.78 is 5.51. The largest absolute Gasteiger partial charge is 0.393 e. The van der Waals surface area contributed by atoms with Gasteiger partial charge in [-0.2, -0.15) is 0 Å². The highest BCUT2D eigenvalue weighted by Gasteiger charge is 2.08. The van der Waals surface area contributed by atoms with Crippen molar-refractivity contribution in [3.8, 4) is 0 Å². The van der Waals surface area contributed by atoms with Gasteiger partial charge in [0.2, 0.25) is 0 Å². The minimum Gasteiger partial charge on any atom is -0.393 e. The Hall–Kier alpha value is -0.120. The van der Waals surface area contributed by atoms with E-state index in [9.17, 15) is 0 Å². The quantitative estimate of drug-likeness (QED) is 0.616. The van der Waals surface area contributed by atoms with Crippen molar-refractivity contribution >= 4 is 0 Å². The van der Waals surface area contributed by atoms with E-state index in [4.69, 9.17) is 9.84 Å². The van der Waals surface area contributed by atoms with Gasteiger partial charge in [0.15, 0.2) is 0 Å². The van der Waals surface area contributed by atoms with Crippen LogP contribution < -0.4 is 5.32 Å².